The van der Waals surface area contributed by atoms with E-state index in [4.69, 9.17) is 10.6 Å². The number of nitrogens with two attached hydrogens (primary N) is 1. The van der Waals surface area contributed by atoms with Gasteiger partial charge in [0.05, 0.1) is 19.3 Å². The van der Waals surface area contributed by atoms with Gasteiger partial charge in [0, 0.05) is 23.4 Å². The molecular weight excluding hydrogens is 310 g/mol. The minimum absolute atomic E-state index is 0.234. The van der Waals surface area contributed by atoms with Crippen molar-refractivity contribution in [3.05, 3.63) is 40.4 Å². The van der Waals surface area contributed by atoms with Crippen molar-refractivity contribution in [2.45, 2.75) is 19.5 Å². The average Bonchev–Trinajstić information content (AvgIpc) is 2.83. The molecule has 6 nitrogen and oxygen atoms in total. The van der Waals surface area contributed by atoms with Gasteiger partial charge in [0.1, 0.15) is 5.69 Å². The van der Waals surface area contributed by atoms with Crippen molar-refractivity contribution in [1.29, 1.82) is 0 Å². The molecule has 2 aromatic heterocycles. The number of halogens is 1. The molecular formula is C12H16BrN5O. The number of hydrogen-bond donors (Lipinski definition) is 2. The molecule has 0 saturated carbocycles. The fraction of sp³-hybridized carbons (Fsp3) is 0.333. The number of nitrogens with one attached hydrogen (secondary N) is 1. The Labute approximate surface area is 120 Å². The van der Waals surface area contributed by atoms with E-state index in [1.807, 2.05) is 17.7 Å². The molecule has 1 unspecified atom stereocenters. The predicted octanol–water partition coefficient (Wildman–Crippen LogP) is 1.62. The minimum atomic E-state index is -0.234. The molecule has 3 N–H and O–H groups in total. The summed E-state index contributed by atoms with van der Waals surface area (Å²) in [4.78, 5) is 4.16. The third-order valence-corrected chi connectivity index (χ3v) is 3.30. The second kappa shape index (κ2) is 6.14. The van der Waals surface area contributed by atoms with Gasteiger partial charge < -0.3 is 4.74 Å². The van der Waals surface area contributed by atoms with Crippen molar-refractivity contribution in [2.24, 2.45) is 5.84 Å². The highest BCUT2D eigenvalue weighted by Crippen LogP contribution is 2.30. The second-order valence-electron chi connectivity index (χ2n) is 3.95. The van der Waals surface area contributed by atoms with Crippen LogP contribution in [0.15, 0.2) is 29.1 Å². The summed E-state index contributed by atoms with van der Waals surface area (Å²) in [6, 6.07) is 1.73. The van der Waals surface area contributed by atoms with Crippen LogP contribution in [0.5, 0.6) is 5.75 Å². The van der Waals surface area contributed by atoms with Gasteiger partial charge in [0.25, 0.3) is 0 Å². The molecule has 7 heteroatoms. The quantitative estimate of drug-likeness (QED) is 0.645. The Hall–Kier alpha value is -1.44. The lowest BCUT2D eigenvalue weighted by molar-refractivity contribution is 0.399. The third-order valence-electron chi connectivity index (χ3n) is 2.86. The molecule has 0 amide bonds. The number of hydrogen-bond acceptors (Lipinski definition) is 5. The van der Waals surface area contributed by atoms with Crippen LogP contribution < -0.4 is 16.0 Å². The summed E-state index contributed by atoms with van der Waals surface area (Å²) in [6.45, 7) is 2.75. The monoisotopic (exact) mass is 325 g/mol. The summed E-state index contributed by atoms with van der Waals surface area (Å²) < 4.78 is 8.10. The normalized spacial score (nSPS) is 12.4. The van der Waals surface area contributed by atoms with Crippen LogP contribution >= 0.6 is 15.9 Å². The number of aryl methyl sites for hydroxylation is 1. The van der Waals surface area contributed by atoms with Crippen molar-refractivity contribution in [1.82, 2.24) is 20.2 Å². The van der Waals surface area contributed by atoms with Crippen molar-refractivity contribution in [2.75, 3.05) is 7.11 Å². The van der Waals surface area contributed by atoms with E-state index in [-0.39, 0.29) is 6.04 Å². The van der Waals surface area contributed by atoms with Crippen LogP contribution in [0.1, 0.15) is 24.2 Å². The third kappa shape index (κ3) is 2.78. The average molecular weight is 326 g/mol. The molecule has 2 heterocycles. The summed E-state index contributed by atoms with van der Waals surface area (Å²) in [7, 11) is 1.62. The van der Waals surface area contributed by atoms with Crippen LogP contribution in [0, 0.1) is 0 Å². The Kier molecular flexibility index (Phi) is 4.52. The lowest BCUT2D eigenvalue weighted by Gasteiger charge is -2.18. The lowest BCUT2D eigenvalue weighted by atomic mass is 10.1. The summed E-state index contributed by atoms with van der Waals surface area (Å²) in [5.74, 6) is 6.40. The maximum Gasteiger partial charge on any atom is 0.161 e. The van der Waals surface area contributed by atoms with E-state index in [9.17, 15) is 0 Å². The Morgan fingerprint density at radius 2 is 2.26 bits per heavy atom. The zero-order chi connectivity index (χ0) is 13.8. The number of hydrazine groups is 1. The molecule has 0 radical (unpaired) electrons. The van der Waals surface area contributed by atoms with E-state index in [1.165, 1.54) is 0 Å². The Balaban J connectivity index is 2.50. The molecule has 19 heavy (non-hydrogen) atoms. The molecule has 0 saturated heterocycles. The maximum atomic E-state index is 5.70. The van der Waals surface area contributed by atoms with Crippen molar-refractivity contribution in [3.8, 4) is 5.75 Å². The van der Waals surface area contributed by atoms with Gasteiger partial charge in [-0.25, -0.2) is 5.43 Å². The topological polar surface area (TPSA) is 78.0 Å². The fourth-order valence-electron chi connectivity index (χ4n) is 2.00. The van der Waals surface area contributed by atoms with Gasteiger partial charge in [-0.05, 0) is 34.5 Å². The van der Waals surface area contributed by atoms with Crippen LogP contribution in [0.3, 0.4) is 0 Å². The molecule has 2 rings (SSSR count). The summed E-state index contributed by atoms with van der Waals surface area (Å²) in [6.07, 6.45) is 5.18. The zero-order valence-electron chi connectivity index (χ0n) is 10.8. The van der Waals surface area contributed by atoms with Crippen LogP contribution in [-0.4, -0.2) is 21.9 Å². The number of pyridine rings is 1. The number of ether oxygens (including phenoxy) is 1. The summed E-state index contributed by atoms with van der Waals surface area (Å²) >= 11 is 3.41. The molecule has 0 spiro atoms. The van der Waals surface area contributed by atoms with Crippen molar-refractivity contribution in [3.63, 3.8) is 0 Å². The van der Waals surface area contributed by atoms with Crippen LogP contribution in [0.25, 0.3) is 0 Å². The number of methoxy groups -OCH3 is 1. The zero-order valence-corrected chi connectivity index (χ0v) is 12.4. The molecule has 0 aliphatic rings. The van der Waals surface area contributed by atoms with E-state index in [0.29, 0.717) is 5.75 Å². The Morgan fingerprint density at radius 3 is 2.84 bits per heavy atom. The van der Waals surface area contributed by atoms with Crippen LogP contribution in [0.4, 0.5) is 0 Å². The number of nitrogens with zero attached hydrogens (tertiary/aromatic N) is 3. The number of aromatic nitrogens is 3. The van der Waals surface area contributed by atoms with Crippen molar-refractivity contribution < 1.29 is 4.74 Å². The number of rotatable bonds is 5. The minimum Gasteiger partial charge on any atom is -0.493 e. The van der Waals surface area contributed by atoms with Gasteiger partial charge in [0.2, 0.25) is 0 Å². The lowest BCUT2D eigenvalue weighted by Crippen LogP contribution is -2.31. The van der Waals surface area contributed by atoms with Gasteiger partial charge in [-0.3, -0.25) is 15.5 Å². The second-order valence-corrected chi connectivity index (χ2v) is 4.87. The van der Waals surface area contributed by atoms with Gasteiger partial charge in [-0.2, -0.15) is 5.10 Å². The predicted molar refractivity (Wildman–Crippen MR) is 75.6 cm³/mol. The highest BCUT2D eigenvalue weighted by Gasteiger charge is 2.22. The molecule has 1 atom stereocenters. The standard InChI is InChI=1S/C12H16BrN5O/c1-3-18-12(10(19-2)7-16-18)11(17-14)8-4-9(13)6-15-5-8/h4-7,11,17H,3,14H2,1-2H3. The van der Waals surface area contributed by atoms with Gasteiger partial charge in [-0.15, -0.1) is 0 Å². The highest BCUT2D eigenvalue weighted by atomic mass is 79.9. The summed E-state index contributed by atoms with van der Waals surface area (Å²) in [5.41, 5.74) is 4.61. The first-order valence-electron chi connectivity index (χ1n) is 5.87. The molecule has 0 aliphatic heterocycles. The Morgan fingerprint density at radius 1 is 1.47 bits per heavy atom. The largest absolute Gasteiger partial charge is 0.493 e. The summed E-state index contributed by atoms with van der Waals surface area (Å²) in [5, 5.41) is 4.29. The van der Waals surface area contributed by atoms with E-state index < -0.39 is 0 Å². The first kappa shape index (κ1) is 14.0. The molecule has 102 valence electrons. The first-order valence-corrected chi connectivity index (χ1v) is 6.66. The first-order chi connectivity index (χ1) is 9.21. The molecule has 0 bridgehead atoms. The molecule has 0 fully saturated rings. The van der Waals surface area contributed by atoms with E-state index in [1.54, 1.807) is 25.7 Å². The molecule has 0 aliphatic carbocycles. The van der Waals surface area contributed by atoms with Gasteiger partial charge in [-0.1, -0.05) is 0 Å². The highest BCUT2D eigenvalue weighted by molar-refractivity contribution is 9.10. The van der Waals surface area contributed by atoms with E-state index in [0.717, 1.165) is 22.3 Å². The molecule has 0 aromatic carbocycles. The van der Waals surface area contributed by atoms with Gasteiger partial charge in [0.15, 0.2) is 5.75 Å². The fourth-order valence-corrected chi connectivity index (χ4v) is 2.38. The van der Waals surface area contributed by atoms with E-state index >= 15 is 0 Å². The molecule has 2 aromatic rings. The van der Waals surface area contributed by atoms with E-state index in [2.05, 4.69) is 31.4 Å². The van der Waals surface area contributed by atoms with Crippen LogP contribution in [-0.2, 0) is 6.54 Å². The maximum absolute atomic E-state index is 5.70. The Bertz CT molecular complexity index is 535. The van der Waals surface area contributed by atoms with Crippen LogP contribution in [0.2, 0.25) is 0 Å². The van der Waals surface area contributed by atoms with Crippen molar-refractivity contribution >= 4 is 15.9 Å². The SMILES string of the molecule is CCn1ncc(OC)c1C(NN)c1cncc(Br)c1. The smallest absolute Gasteiger partial charge is 0.161 e. The van der Waals surface area contributed by atoms with Gasteiger partial charge >= 0.3 is 0 Å².